The zero-order valence-corrected chi connectivity index (χ0v) is 9.93. The highest BCUT2D eigenvalue weighted by molar-refractivity contribution is 14.1. The molecule has 0 saturated carbocycles. The van der Waals surface area contributed by atoms with Crippen LogP contribution >= 0.6 is 22.6 Å². The number of hydrogen-bond acceptors (Lipinski definition) is 4. The molecule has 4 nitrogen and oxygen atoms in total. The highest BCUT2D eigenvalue weighted by Crippen LogP contribution is 2.17. The summed E-state index contributed by atoms with van der Waals surface area (Å²) in [4.78, 5) is 23.8. The molecule has 0 bridgehead atoms. The van der Waals surface area contributed by atoms with E-state index in [0.29, 0.717) is 0 Å². The van der Waals surface area contributed by atoms with Gasteiger partial charge in [0.25, 0.3) is 0 Å². The smallest absolute Gasteiger partial charge is 0.333 e. The van der Waals surface area contributed by atoms with Crippen LogP contribution in [-0.4, -0.2) is 25.0 Å². The van der Waals surface area contributed by atoms with E-state index in [0.717, 1.165) is 9.26 Å². The van der Waals surface area contributed by atoms with Crippen molar-refractivity contribution in [2.45, 2.75) is 0 Å². The first-order valence-electron chi connectivity index (χ1n) is 4.39. The number of anilines is 1. The predicted molar refractivity (Wildman–Crippen MR) is 62.5 cm³/mol. The molecule has 0 spiro atoms. The molecule has 1 heterocycles. The second-order valence-electron chi connectivity index (χ2n) is 3.18. The molecule has 1 fully saturated rings. The number of cyclic esters (lactones) is 2. The monoisotopic (exact) mass is 317 g/mol. The molecule has 78 valence electrons. The van der Waals surface area contributed by atoms with Crippen molar-refractivity contribution in [3.63, 3.8) is 0 Å². The average Bonchev–Trinajstić information content (AvgIpc) is 2.17. The minimum Gasteiger partial charge on any atom is -0.390 e. The minimum atomic E-state index is -0.496. The Morgan fingerprint density at radius 2 is 1.60 bits per heavy atom. The van der Waals surface area contributed by atoms with Gasteiger partial charge in [-0.25, -0.2) is 9.59 Å². The summed E-state index contributed by atoms with van der Waals surface area (Å²) >= 11 is 2.20. The number of benzene rings is 1. The third kappa shape index (κ3) is 2.47. The number of carbonyl (C=O) groups excluding carboxylic acids is 2. The lowest BCUT2D eigenvalue weighted by atomic mass is 10.2. The molecule has 5 heteroatoms. The summed E-state index contributed by atoms with van der Waals surface area (Å²) in [6.07, 6.45) is 0. The van der Waals surface area contributed by atoms with Crippen LogP contribution in [0.15, 0.2) is 24.3 Å². The maximum absolute atomic E-state index is 11.0. The van der Waals surface area contributed by atoms with Gasteiger partial charge in [0, 0.05) is 9.26 Å². The van der Waals surface area contributed by atoms with E-state index >= 15 is 0 Å². The van der Waals surface area contributed by atoms with E-state index in [9.17, 15) is 9.59 Å². The molecule has 1 aromatic rings. The van der Waals surface area contributed by atoms with Crippen LogP contribution in [0.1, 0.15) is 0 Å². The summed E-state index contributed by atoms with van der Waals surface area (Å²) in [5, 5.41) is 0. The largest absolute Gasteiger partial charge is 0.390 e. The average molecular weight is 317 g/mol. The summed E-state index contributed by atoms with van der Waals surface area (Å²) in [7, 11) is 0. The van der Waals surface area contributed by atoms with Crippen LogP contribution < -0.4 is 4.90 Å². The Balaban J connectivity index is 2.19. The van der Waals surface area contributed by atoms with Crippen LogP contribution in [0.5, 0.6) is 0 Å². The summed E-state index contributed by atoms with van der Waals surface area (Å²) in [6.45, 7) is 0.263. The van der Waals surface area contributed by atoms with Crippen molar-refractivity contribution < 1.29 is 14.3 Å². The summed E-state index contributed by atoms with van der Waals surface area (Å²) in [6, 6.07) is 7.63. The van der Waals surface area contributed by atoms with Gasteiger partial charge in [-0.2, -0.15) is 0 Å². The van der Waals surface area contributed by atoms with Crippen LogP contribution in [0.2, 0.25) is 0 Å². The fraction of sp³-hybridized carbons (Fsp3) is 0.200. The maximum Gasteiger partial charge on any atom is 0.333 e. The number of nitrogens with zero attached hydrogens (tertiary/aromatic N) is 1. The Hall–Kier alpha value is -1.11. The Bertz CT molecular complexity index is 386. The van der Waals surface area contributed by atoms with E-state index in [2.05, 4.69) is 27.3 Å². The molecule has 1 aliphatic rings. The summed E-state index contributed by atoms with van der Waals surface area (Å²) in [5.41, 5.74) is 0.861. The van der Waals surface area contributed by atoms with Crippen molar-refractivity contribution in [2.75, 3.05) is 18.0 Å². The first-order chi connectivity index (χ1) is 7.15. The molecular weight excluding hydrogens is 309 g/mol. The molecule has 0 atom stereocenters. The third-order valence-corrected chi connectivity index (χ3v) is 2.78. The van der Waals surface area contributed by atoms with Gasteiger partial charge in [-0.1, -0.05) is 0 Å². The van der Waals surface area contributed by atoms with Crippen molar-refractivity contribution in [3.05, 3.63) is 27.8 Å². The maximum atomic E-state index is 11.0. The fourth-order valence-corrected chi connectivity index (χ4v) is 1.75. The lowest BCUT2D eigenvalue weighted by Gasteiger charge is -2.26. The van der Waals surface area contributed by atoms with Gasteiger partial charge in [0.15, 0.2) is 0 Å². The van der Waals surface area contributed by atoms with Crippen LogP contribution in [0.3, 0.4) is 0 Å². The second-order valence-corrected chi connectivity index (χ2v) is 4.42. The summed E-state index contributed by atoms with van der Waals surface area (Å²) in [5.74, 6) is -0.991. The van der Waals surface area contributed by atoms with Gasteiger partial charge < -0.3 is 9.64 Å². The zero-order valence-electron chi connectivity index (χ0n) is 7.77. The minimum absolute atomic E-state index is 0.131. The number of hydrogen-bond donors (Lipinski definition) is 0. The number of ether oxygens (including phenoxy) is 1. The van der Waals surface area contributed by atoms with E-state index in [1.807, 2.05) is 24.3 Å². The molecule has 15 heavy (non-hydrogen) atoms. The number of morpholine rings is 1. The number of halogens is 1. The Morgan fingerprint density at radius 3 is 2.13 bits per heavy atom. The Morgan fingerprint density at radius 1 is 1.07 bits per heavy atom. The second kappa shape index (κ2) is 4.18. The summed E-state index contributed by atoms with van der Waals surface area (Å²) < 4.78 is 5.55. The molecule has 1 aliphatic heterocycles. The lowest BCUT2D eigenvalue weighted by molar-refractivity contribution is -0.160. The number of carbonyl (C=O) groups is 2. The van der Waals surface area contributed by atoms with Crippen LogP contribution in [-0.2, 0) is 14.3 Å². The zero-order chi connectivity index (χ0) is 10.8. The third-order valence-electron chi connectivity index (χ3n) is 2.06. The quantitative estimate of drug-likeness (QED) is 0.443. The standard InChI is InChI=1S/C10H8INO3/c11-7-1-3-8(4-2-7)12-5-9(13)15-10(14)6-12/h1-4H,5-6H2. The number of esters is 2. The molecule has 2 rings (SSSR count). The van der Waals surface area contributed by atoms with Gasteiger partial charge in [0.2, 0.25) is 0 Å². The lowest BCUT2D eigenvalue weighted by Crippen LogP contribution is -2.42. The van der Waals surface area contributed by atoms with Crippen molar-refractivity contribution in [1.82, 2.24) is 0 Å². The predicted octanol–water partition coefficient (Wildman–Crippen LogP) is 1.18. The molecule has 0 amide bonds. The number of rotatable bonds is 1. The highest BCUT2D eigenvalue weighted by Gasteiger charge is 2.24. The molecule has 0 aliphatic carbocycles. The molecule has 1 saturated heterocycles. The molecule has 0 radical (unpaired) electrons. The van der Waals surface area contributed by atoms with E-state index < -0.39 is 11.9 Å². The van der Waals surface area contributed by atoms with E-state index in [1.54, 1.807) is 4.90 Å². The molecule has 0 unspecified atom stereocenters. The van der Waals surface area contributed by atoms with Crippen LogP contribution in [0, 0.1) is 3.57 Å². The van der Waals surface area contributed by atoms with Gasteiger partial charge >= 0.3 is 11.9 Å². The van der Waals surface area contributed by atoms with Gasteiger partial charge in [-0.05, 0) is 46.9 Å². The SMILES string of the molecule is O=C1CN(c2ccc(I)cc2)CC(=O)O1. The van der Waals surface area contributed by atoms with Crippen molar-refractivity contribution in [2.24, 2.45) is 0 Å². The van der Waals surface area contributed by atoms with Crippen LogP contribution in [0.25, 0.3) is 0 Å². The normalized spacial score (nSPS) is 16.5. The highest BCUT2D eigenvalue weighted by atomic mass is 127. The molecule has 1 aromatic carbocycles. The van der Waals surface area contributed by atoms with Crippen molar-refractivity contribution in [3.8, 4) is 0 Å². The van der Waals surface area contributed by atoms with Crippen LogP contribution in [0.4, 0.5) is 5.69 Å². The van der Waals surface area contributed by atoms with Gasteiger partial charge in [0.1, 0.15) is 13.1 Å². The fourth-order valence-electron chi connectivity index (χ4n) is 1.39. The van der Waals surface area contributed by atoms with E-state index in [1.165, 1.54) is 0 Å². The van der Waals surface area contributed by atoms with Gasteiger partial charge in [0.05, 0.1) is 0 Å². The van der Waals surface area contributed by atoms with Gasteiger partial charge in [-0.15, -0.1) is 0 Å². The molecular formula is C10H8INO3. The first-order valence-corrected chi connectivity index (χ1v) is 5.47. The topological polar surface area (TPSA) is 46.6 Å². The van der Waals surface area contributed by atoms with Crippen molar-refractivity contribution >= 4 is 40.2 Å². The molecule has 0 aromatic heterocycles. The van der Waals surface area contributed by atoms with Gasteiger partial charge in [-0.3, -0.25) is 0 Å². The molecule has 0 N–H and O–H groups in total. The van der Waals surface area contributed by atoms with E-state index in [4.69, 9.17) is 0 Å². The Kier molecular flexibility index (Phi) is 2.90. The first kappa shape index (κ1) is 10.4. The Labute approximate surface area is 100 Å². The van der Waals surface area contributed by atoms with Crippen molar-refractivity contribution in [1.29, 1.82) is 0 Å². The van der Waals surface area contributed by atoms with E-state index in [-0.39, 0.29) is 13.1 Å².